The maximum absolute atomic E-state index is 5.24. The molecule has 2 nitrogen and oxygen atoms in total. The van der Waals surface area contributed by atoms with Crippen LogP contribution in [0.5, 0.6) is 0 Å². The Labute approximate surface area is 62.3 Å². The second-order valence-corrected chi connectivity index (χ2v) is 2.91. The summed E-state index contributed by atoms with van der Waals surface area (Å²) in [5.41, 5.74) is 0. The summed E-state index contributed by atoms with van der Waals surface area (Å²) >= 11 is 0. The molecule has 0 radical (unpaired) electrons. The van der Waals surface area contributed by atoms with Gasteiger partial charge in [-0.05, 0) is 5.92 Å². The van der Waals surface area contributed by atoms with E-state index in [1.54, 1.807) is 0 Å². The van der Waals surface area contributed by atoms with Crippen molar-refractivity contribution in [2.45, 2.75) is 33.2 Å². The summed E-state index contributed by atoms with van der Waals surface area (Å²) in [5, 5.41) is 0. The first kappa shape index (κ1) is 7.58. The molecule has 0 unspecified atom stereocenters. The summed E-state index contributed by atoms with van der Waals surface area (Å²) in [6.45, 7) is 7.12. The van der Waals surface area contributed by atoms with Crippen LogP contribution in [0.15, 0.2) is 4.99 Å². The van der Waals surface area contributed by atoms with Crippen LogP contribution in [0.2, 0.25) is 0 Å². The van der Waals surface area contributed by atoms with Gasteiger partial charge in [0.25, 0.3) is 0 Å². The van der Waals surface area contributed by atoms with Gasteiger partial charge in [0.1, 0.15) is 6.61 Å². The van der Waals surface area contributed by atoms with Gasteiger partial charge in [-0.2, -0.15) is 0 Å². The smallest absolute Gasteiger partial charge is 0.180 e. The Morgan fingerprint density at radius 3 is 2.90 bits per heavy atom. The maximum atomic E-state index is 5.24. The maximum Gasteiger partial charge on any atom is 0.180 e. The van der Waals surface area contributed by atoms with Gasteiger partial charge in [0, 0.05) is 6.92 Å². The highest BCUT2D eigenvalue weighted by Gasteiger charge is 2.20. The topological polar surface area (TPSA) is 21.6 Å². The summed E-state index contributed by atoms with van der Waals surface area (Å²) in [6, 6.07) is 0.421. The Kier molecular flexibility index (Phi) is 2.30. The van der Waals surface area contributed by atoms with Crippen molar-refractivity contribution >= 4 is 5.90 Å². The van der Waals surface area contributed by atoms with Crippen LogP contribution in [0, 0.1) is 5.92 Å². The van der Waals surface area contributed by atoms with E-state index in [1.165, 1.54) is 6.42 Å². The van der Waals surface area contributed by atoms with Crippen molar-refractivity contribution in [2.75, 3.05) is 6.61 Å². The molecule has 2 heteroatoms. The fourth-order valence-corrected chi connectivity index (χ4v) is 1.08. The molecule has 1 rings (SSSR count). The molecule has 0 spiro atoms. The fraction of sp³-hybridized carbons (Fsp3) is 0.875. The minimum atomic E-state index is 0.421. The van der Waals surface area contributed by atoms with Crippen LogP contribution in [-0.4, -0.2) is 18.5 Å². The van der Waals surface area contributed by atoms with E-state index in [0.717, 1.165) is 12.5 Å². The molecule has 58 valence electrons. The molecule has 0 bridgehead atoms. The van der Waals surface area contributed by atoms with Crippen LogP contribution in [0.4, 0.5) is 0 Å². The second-order valence-electron chi connectivity index (χ2n) is 2.91. The summed E-state index contributed by atoms with van der Waals surface area (Å²) in [7, 11) is 0. The Bertz CT molecular complexity index is 142. The van der Waals surface area contributed by atoms with Gasteiger partial charge in [0.15, 0.2) is 5.90 Å². The number of nitrogens with zero attached hydrogens (tertiary/aromatic N) is 1. The molecule has 1 aliphatic rings. The van der Waals surface area contributed by atoms with Gasteiger partial charge >= 0.3 is 0 Å². The normalized spacial score (nSPS) is 27.5. The number of rotatable bonds is 2. The van der Waals surface area contributed by atoms with E-state index in [2.05, 4.69) is 18.8 Å². The Morgan fingerprint density at radius 2 is 2.50 bits per heavy atom. The lowest BCUT2D eigenvalue weighted by Crippen LogP contribution is -2.15. The molecule has 1 aliphatic heterocycles. The van der Waals surface area contributed by atoms with E-state index in [4.69, 9.17) is 4.74 Å². The van der Waals surface area contributed by atoms with E-state index in [1.807, 2.05) is 6.92 Å². The van der Waals surface area contributed by atoms with E-state index >= 15 is 0 Å². The highest BCUT2D eigenvalue weighted by molar-refractivity contribution is 5.74. The minimum Gasteiger partial charge on any atom is -0.479 e. The zero-order valence-electron chi connectivity index (χ0n) is 6.92. The average Bonchev–Trinajstić information content (AvgIpc) is 2.34. The van der Waals surface area contributed by atoms with Crippen LogP contribution in [-0.2, 0) is 4.74 Å². The third-order valence-electron chi connectivity index (χ3n) is 2.11. The molecule has 0 fully saturated rings. The van der Waals surface area contributed by atoms with Gasteiger partial charge < -0.3 is 4.74 Å². The molecular weight excluding hydrogens is 126 g/mol. The Morgan fingerprint density at radius 1 is 1.80 bits per heavy atom. The molecule has 0 N–H and O–H groups in total. The van der Waals surface area contributed by atoms with Gasteiger partial charge in [0.2, 0.25) is 0 Å². The molecule has 0 aliphatic carbocycles. The second kappa shape index (κ2) is 3.04. The largest absolute Gasteiger partial charge is 0.479 e. The molecule has 0 aromatic carbocycles. The zero-order valence-corrected chi connectivity index (χ0v) is 6.92. The van der Waals surface area contributed by atoms with Crippen molar-refractivity contribution in [3.63, 3.8) is 0 Å². The lowest BCUT2D eigenvalue weighted by Gasteiger charge is -2.11. The number of hydrogen-bond acceptors (Lipinski definition) is 2. The van der Waals surface area contributed by atoms with Crippen molar-refractivity contribution in [2.24, 2.45) is 10.9 Å². The molecule has 10 heavy (non-hydrogen) atoms. The standard InChI is InChI=1S/C8H15NO/c1-4-6(2)8-5-10-7(3)9-8/h6,8H,4-5H2,1-3H3/t6-,8+/m1/s1. The molecule has 0 saturated carbocycles. The first-order chi connectivity index (χ1) is 4.74. The minimum absolute atomic E-state index is 0.421. The molecule has 0 saturated heterocycles. The highest BCUT2D eigenvalue weighted by Crippen LogP contribution is 2.16. The van der Waals surface area contributed by atoms with Crippen LogP contribution in [0.1, 0.15) is 27.2 Å². The van der Waals surface area contributed by atoms with Crippen molar-refractivity contribution in [1.29, 1.82) is 0 Å². The van der Waals surface area contributed by atoms with E-state index < -0.39 is 0 Å². The third kappa shape index (κ3) is 1.49. The van der Waals surface area contributed by atoms with Gasteiger partial charge in [0.05, 0.1) is 6.04 Å². The monoisotopic (exact) mass is 141 g/mol. The van der Waals surface area contributed by atoms with E-state index in [-0.39, 0.29) is 0 Å². The predicted octanol–water partition coefficient (Wildman–Crippen LogP) is 1.85. The molecule has 1 heterocycles. The first-order valence-corrected chi connectivity index (χ1v) is 3.91. The average molecular weight is 141 g/mol. The number of hydrogen-bond donors (Lipinski definition) is 0. The molecule has 0 amide bonds. The molecule has 0 aromatic heterocycles. The summed E-state index contributed by atoms with van der Waals surface area (Å²) < 4.78 is 5.24. The number of aliphatic imine (C=N–C) groups is 1. The summed E-state index contributed by atoms with van der Waals surface area (Å²) in [6.07, 6.45) is 1.19. The van der Waals surface area contributed by atoms with Crippen molar-refractivity contribution in [1.82, 2.24) is 0 Å². The van der Waals surface area contributed by atoms with Crippen molar-refractivity contribution < 1.29 is 4.74 Å². The first-order valence-electron chi connectivity index (χ1n) is 3.91. The van der Waals surface area contributed by atoms with E-state index in [0.29, 0.717) is 12.0 Å². The fourth-order valence-electron chi connectivity index (χ4n) is 1.08. The van der Waals surface area contributed by atoms with E-state index in [9.17, 15) is 0 Å². The van der Waals surface area contributed by atoms with Crippen LogP contribution < -0.4 is 0 Å². The quantitative estimate of drug-likeness (QED) is 0.575. The van der Waals surface area contributed by atoms with Gasteiger partial charge in [-0.1, -0.05) is 20.3 Å². The van der Waals surface area contributed by atoms with Crippen molar-refractivity contribution in [3.05, 3.63) is 0 Å². The zero-order chi connectivity index (χ0) is 7.56. The van der Waals surface area contributed by atoms with Crippen LogP contribution >= 0.6 is 0 Å². The Hall–Kier alpha value is -0.530. The third-order valence-corrected chi connectivity index (χ3v) is 2.11. The van der Waals surface area contributed by atoms with Gasteiger partial charge in [-0.3, -0.25) is 0 Å². The summed E-state index contributed by atoms with van der Waals surface area (Å²) in [4.78, 5) is 4.35. The lowest BCUT2D eigenvalue weighted by atomic mass is 10.0. The van der Waals surface area contributed by atoms with Gasteiger partial charge in [-0.15, -0.1) is 0 Å². The molecule has 0 aromatic rings. The predicted molar refractivity (Wildman–Crippen MR) is 42.3 cm³/mol. The van der Waals surface area contributed by atoms with Crippen LogP contribution in [0.3, 0.4) is 0 Å². The molecular formula is C8H15NO. The summed E-state index contributed by atoms with van der Waals surface area (Å²) in [5.74, 6) is 1.52. The number of ether oxygens (including phenoxy) is 1. The van der Waals surface area contributed by atoms with Crippen LogP contribution in [0.25, 0.3) is 0 Å². The van der Waals surface area contributed by atoms with Crippen molar-refractivity contribution in [3.8, 4) is 0 Å². The Balaban J connectivity index is 2.44. The lowest BCUT2D eigenvalue weighted by molar-refractivity contribution is 0.280. The molecule has 2 atom stereocenters. The highest BCUT2D eigenvalue weighted by atomic mass is 16.5. The van der Waals surface area contributed by atoms with Gasteiger partial charge in [-0.25, -0.2) is 4.99 Å². The SMILES string of the molecule is CC[C@@H](C)[C@@H]1COC(C)=N1.